The van der Waals surface area contributed by atoms with Gasteiger partial charge in [0.15, 0.2) is 0 Å². The predicted molar refractivity (Wildman–Crippen MR) is 98.1 cm³/mol. The highest BCUT2D eigenvalue weighted by atomic mass is 19.4. The van der Waals surface area contributed by atoms with E-state index in [1.54, 1.807) is 13.0 Å². The van der Waals surface area contributed by atoms with Crippen LogP contribution in [0.1, 0.15) is 53.4 Å². The molecule has 1 heterocycles. The van der Waals surface area contributed by atoms with E-state index in [0.717, 1.165) is 67.6 Å². The molecule has 0 unspecified atom stereocenters. The molecular formula is C20H22F3N3O2. The molecule has 8 heteroatoms. The van der Waals surface area contributed by atoms with Gasteiger partial charge in [-0.1, -0.05) is 6.42 Å². The number of nitrogens with zero attached hydrogens (tertiary/aromatic N) is 2. The fourth-order valence-electron chi connectivity index (χ4n) is 3.33. The Morgan fingerprint density at radius 1 is 1.18 bits per heavy atom. The zero-order valence-corrected chi connectivity index (χ0v) is 15.6. The number of amides is 1. The molecule has 1 aromatic heterocycles. The maximum Gasteiger partial charge on any atom is 0.416 e. The summed E-state index contributed by atoms with van der Waals surface area (Å²) in [6.07, 6.45) is 0.460. The van der Waals surface area contributed by atoms with Gasteiger partial charge in [0.1, 0.15) is 0 Å². The molecule has 1 atom stereocenters. The van der Waals surface area contributed by atoms with Gasteiger partial charge in [-0.05, 0) is 62.4 Å². The maximum absolute atomic E-state index is 12.6. The number of nitrogens with one attached hydrogen (secondary N) is 1. The summed E-state index contributed by atoms with van der Waals surface area (Å²) in [5, 5.41) is 7.16. The number of alkyl halides is 3. The van der Waals surface area contributed by atoms with Crippen molar-refractivity contribution in [3.8, 4) is 0 Å². The number of hydrogen-bond donors (Lipinski definition) is 1. The normalized spacial score (nSPS) is 15.4. The molecule has 3 rings (SSSR count). The van der Waals surface area contributed by atoms with Gasteiger partial charge in [-0.15, -0.1) is 0 Å². The zero-order chi connectivity index (χ0) is 20.3. The quantitative estimate of drug-likeness (QED) is 0.811. The van der Waals surface area contributed by atoms with Crippen LogP contribution >= 0.6 is 0 Å². The van der Waals surface area contributed by atoms with E-state index >= 15 is 0 Å². The first kappa shape index (κ1) is 20.1. The highest BCUT2D eigenvalue weighted by molar-refractivity contribution is 5.94. The van der Waals surface area contributed by atoms with Crippen molar-refractivity contribution in [3.05, 3.63) is 63.1 Å². The number of aromatic nitrogens is 2. The second-order valence-corrected chi connectivity index (χ2v) is 7.15. The molecule has 0 saturated heterocycles. The van der Waals surface area contributed by atoms with E-state index in [2.05, 4.69) is 10.4 Å². The van der Waals surface area contributed by atoms with Gasteiger partial charge >= 0.3 is 6.18 Å². The minimum absolute atomic E-state index is 0.127. The molecule has 0 fully saturated rings. The molecule has 0 radical (unpaired) electrons. The Bertz CT molecular complexity index is 904. The number of aryl methyl sites for hydroxylation is 2. The molecule has 1 aliphatic carbocycles. The van der Waals surface area contributed by atoms with Crippen LogP contribution in [-0.4, -0.2) is 21.7 Å². The van der Waals surface area contributed by atoms with Crippen LogP contribution in [0.25, 0.3) is 0 Å². The van der Waals surface area contributed by atoms with Gasteiger partial charge in [0, 0.05) is 17.7 Å². The molecular weight excluding hydrogens is 371 g/mol. The molecule has 1 aromatic carbocycles. The summed E-state index contributed by atoms with van der Waals surface area (Å²) < 4.78 is 39.2. The summed E-state index contributed by atoms with van der Waals surface area (Å²) >= 11 is 0. The van der Waals surface area contributed by atoms with Crippen molar-refractivity contribution in [3.63, 3.8) is 0 Å². The summed E-state index contributed by atoms with van der Waals surface area (Å²) in [6, 6.07) is 5.23. The number of rotatable bonds is 4. The zero-order valence-electron chi connectivity index (χ0n) is 15.6. The molecule has 1 aliphatic rings. The van der Waals surface area contributed by atoms with Crippen LogP contribution in [0.2, 0.25) is 0 Å². The highest BCUT2D eigenvalue weighted by Crippen LogP contribution is 2.29. The molecule has 5 nitrogen and oxygen atoms in total. The first-order chi connectivity index (χ1) is 13.2. The van der Waals surface area contributed by atoms with Crippen molar-refractivity contribution in [2.24, 2.45) is 0 Å². The number of halogens is 3. The van der Waals surface area contributed by atoms with E-state index < -0.39 is 23.7 Å². The van der Waals surface area contributed by atoms with Crippen LogP contribution in [0.5, 0.6) is 0 Å². The van der Waals surface area contributed by atoms with Gasteiger partial charge in [-0.2, -0.15) is 18.3 Å². The largest absolute Gasteiger partial charge is 0.416 e. The number of carbonyl (C=O) groups excluding carboxylic acids is 1. The third-order valence-corrected chi connectivity index (χ3v) is 4.82. The minimum Gasteiger partial charge on any atom is -0.348 e. The van der Waals surface area contributed by atoms with E-state index in [-0.39, 0.29) is 17.7 Å². The SMILES string of the molecule is C[C@@H](Cn1nc2c(cc1=O)CCCCC2)NC(=O)c1ccc(C(F)(F)F)cc1. The Labute approximate surface area is 160 Å². The van der Waals surface area contributed by atoms with Crippen LogP contribution in [0, 0.1) is 0 Å². The second-order valence-electron chi connectivity index (χ2n) is 7.15. The van der Waals surface area contributed by atoms with Gasteiger partial charge in [-0.3, -0.25) is 9.59 Å². The number of benzene rings is 1. The van der Waals surface area contributed by atoms with Gasteiger partial charge in [0.25, 0.3) is 11.5 Å². The van der Waals surface area contributed by atoms with E-state index in [4.69, 9.17) is 0 Å². The lowest BCUT2D eigenvalue weighted by atomic mass is 10.1. The van der Waals surface area contributed by atoms with Gasteiger partial charge in [0.05, 0.1) is 17.8 Å². The van der Waals surface area contributed by atoms with Crippen LogP contribution in [-0.2, 0) is 25.6 Å². The molecule has 1 N–H and O–H groups in total. The Morgan fingerprint density at radius 3 is 2.54 bits per heavy atom. The lowest BCUT2D eigenvalue weighted by molar-refractivity contribution is -0.137. The monoisotopic (exact) mass is 393 g/mol. The topological polar surface area (TPSA) is 64.0 Å². The number of carbonyl (C=O) groups is 1. The average molecular weight is 393 g/mol. The number of fused-ring (bicyclic) bond motifs is 1. The third kappa shape index (κ3) is 4.79. The van der Waals surface area contributed by atoms with Gasteiger partial charge in [-0.25, -0.2) is 4.68 Å². The molecule has 0 aliphatic heterocycles. The van der Waals surface area contributed by atoms with Gasteiger partial charge < -0.3 is 5.32 Å². The Morgan fingerprint density at radius 2 is 1.86 bits per heavy atom. The summed E-state index contributed by atoms with van der Waals surface area (Å²) in [5.41, 5.74) is 1.04. The molecule has 150 valence electrons. The molecule has 2 aromatic rings. The average Bonchev–Trinajstić information content (AvgIpc) is 2.86. The third-order valence-electron chi connectivity index (χ3n) is 4.82. The first-order valence-electron chi connectivity index (χ1n) is 9.32. The standard InChI is InChI=1S/C20H22F3N3O2/c1-13(24-19(28)14-7-9-16(10-8-14)20(21,22)23)12-26-18(27)11-15-5-3-2-4-6-17(15)25-26/h7-11,13H,2-6,12H2,1H3,(H,24,28)/t13-/m0/s1. The Kier molecular flexibility index (Phi) is 5.86. The van der Waals surface area contributed by atoms with Crippen LogP contribution in [0.4, 0.5) is 13.2 Å². The number of hydrogen-bond acceptors (Lipinski definition) is 3. The summed E-state index contributed by atoms with van der Waals surface area (Å²) in [6.45, 7) is 1.92. The molecule has 0 saturated carbocycles. The smallest absolute Gasteiger partial charge is 0.348 e. The van der Waals surface area contributed by atoms with Crippen molar-refractivity contribution in [2.75, 3.05) is 0 Å². The minimum atomic E-state index is -4.44. The van der Waals surface area contributed by atoms with E-state index in [1.165, 1.54) is 4.68 Å². The van der Waals surface area contributed by atoms with Crippen molar-refractivity contribution in [1.82, 2.24) is 15.1 Å². The van der Waals surface area contributed by atoms with Crippen LogP contribution in [0.3, 0.4) is 0 Å². The highest BCUT2D eigenvalue weighted by Gasteiger charge is 2.30. The van der Waals surface area contributed by atoms with Crippen molar-refractivity contribution in [1.29, 1.82) is 0 Å². The van der Waals surface area contributed by atoms with Gasteiger partial charge in [0.2, 0.25) is 0 Å². The summed E-state index contributed by atoms with van der Waals surface area (Å²) in [4.78, 5) is 24.6. The van der Waals surface area contributed by atoms with Crippen molar-refractivity contribution >= 4 is 5.91 Å². The van der Waals surface area contributed by atoms with Crippen molar-refractivity contribution in [2.45, 2.75) is 57.8 Å². The lowest BCUT2D eigenvalue weighted by Crippen LogP contribution is -2.39. The van der Waals surface area contributed by atoms with Crippen molar-refractivity contribution < 1.29 is 18.0 Å². The molecule has 0 spiro atoms. The lowest BCUT2D eigenvalue weighted by Gasteiger charge is -2.16. The summed E-state index contributed by atoms with van der Waals surface area (Å²) in [7, 11) is 0. The molecule has 28 heavy (non-hydrogen) atoms. The second kappa shape index (κ2) is 8.16. The Hall–Kier alpha value is -2.64. The van der Waals surface area contributed by atoms with Crippen LogP contribution in [0.15, 0.2) is 35.1 Å². The maximum atomic E-state index is 12.6. The van der Waals surface area contributed by atoms with Crippen LogP contribution < -0.4 is 10.9 Å². The fraction of sp³-hybridized carbons (Fsp3) is 0.450. The first-order valence-corrected chi connectivity index (χ1v) is 9.32. The fourth-order valence-corrected chi connectivity index (χ4v) is 3.33. The molecule has 0 bridgehead atoms. The molecule has 1 amide bonds. The van der Waals surface area contributed by atoms with E-state index in [1.807, 2.05) is 0 Å². The van der Waals surface area contributed by atoms with E-state index in [9.17, 15) is 22.8 Å². The van der Waals surface area contributed by atoms with E-state index in [0.29, 0.717) is 0 Å². The summed E-state index contributed by atoms with van der Waals surface area (Å²) in [5.74, 6) is -0.496. The Balaban J connectivity index is 1.67. The predicted octanol–water partition coefficient (Wildman–Crippen LogP) is 3.35.